The summed E-state index contributed by atoms with van der Waals surface area (Å²) in [5.41, 5.74) is 0.891. The van der Waals surface area contributed by atoms with Crippen LogP contribution >= 0.6 is 11.3 Å². The molecule has 3 aliphatic rings. The summed E-state index contributed by atoms with van der Waals surface area (Å²) in [6.07, 6.45) is 9.48. The molecule has 2 saturated heterocycles. The molecule has 0 N–H and O–H groups in total. The fourth-order valence-corrected chi connectivity index (χ4v) is 5.83. The summed E-state index contributed by atoms with van der Waals surface area (Å²) >= 11 is 1.60. The van der Waals surface area contributed by atoms with E-state index in [4.69, 9.17) is 0 Å². The molecule has 1 aromatic rings. The van der Waals surface area contributed by atoms with Gasteiger partial charge in [-0.3, -0.25) is 9.59 Å². The quantitative estimate of drug-likeness (QED) is 0.793. The predicted molar refractivity (Wildman–Crippen MR) is 107 cm³/mol. The molecule has 3 heterocycles. The molecule has 5 nitrogen and oxygen atoms in total. The van der Waals surface area contributed by atoms with Gasteiger partial charge in [-0.15, -0.1) is 11.3 Å². The Morgan fingerprint density at radius 1 is 1.22 bits per heavy atom. The fraction of sp³-hybridized carbons (Fsp3) is 0.762. The molecular weight excluding hydrogens is 358 g/mol. The number of hydrogen-bond donors (Lipinski definition) is 0. The lowest BCUT2D eigenvalue weighted by molar-refractivity contribution is -0.145. The highest BCUT2D eigenvalue weighted by Crippen LogP contribution is 2.34. The van der Waals surface area contributed by atoms with E-state index in [0.717, 1.165) is 43.2 Å². The van der Waals surface area contributed by atoms with Crippen LogP contribution in [0.15, 0.2) is 5.38 Å². The van der Waals surface area contributed by atoms with Gasteiger partial charge >= 0.3 is 0 Å². The van der Waals surface area contributed by atoms with Crippen molar-refractivity contribution in [3.8, 4) is 0 Å². The highest BCUT2D eigenvalue weighted by molar-refractivity contribution is 7.09. The van der Waals surface area contributed by atoms with Crippen LogP contribution in [0.5, 0.6) is 0 Å². The standard InChI is InChI=1S/C21H31N3O2S/c1-15-22-18(14-27-15)11-21(26)23-10-9-19-17(13-23)7-8-20(25)24(19)12-16-5-3-2-4-6-16/h14,16-17,19H,2-13H2,1H3/t17-,19+/m1/s1. The Morgan fingerprint density at radius 2 is 2.04 bits per heavy atom. The van der Waals surface area contributed by atoms with Crippen LogP contribution in [-0.2, 0) is 16.0 Å². The van der Waals surface area contributed by atoms with E-state index in [9.17, 15) is 9.59 Å². The number of hydrogen-bond acceptors (Lipinski definition) is 4. The molecule has 27 heavy (non-hydrogen) atoms. The molecule has 0 radical (unpaired) electrons. The summed E-state index contributed by atoms with van der Waals surface area (Å²) in [5, 5.41) is 3.01. The van der Waals surface area contributed by atoms with Crippen molar-refractivity contribution in [1.29, 1.82) is 0 Å². The van der Waals surface area contributed by atoms with Crippen molar-refractivity contribution in [3.63, 3.8) is 0 Å². The molecule has 1 saturated carbocycles. The molecule has 2 aliphatic heterocycles. The van der Waals surface area contributed by atoms with Crippen molar-refractivity contribution in [2.45, 2.75) is 70.8 Å². The molecule has 0 unspecified atom stereocenters. The molecule has 1 aromatic heterocycles. The Labute approximate surface area is 166 Å². The van der Waals surface area contributed by atoms with E-state index in [1.807, 2.05) is 17.2 Å². The highest BCUT2D eigenvalue weighted by atomic mass is 32.1. The number of fused-ring (bicyclic) bond motifs is 1. The van der Waals surface area contributed by atoms with Gasteiger partial charge in [0.15, 0.2) is 0 Å². The van der Waals surface area contributed by atoms with Gasteiger partial charge in [0.1, 0.15) is 0 Å². The first-order valence-electron chi connectivity index (χ1n) is 10.6. The topological polar surface area (TPSA) is 53.5 Å². The SMILES string of the molecule is Cc1nc(CC(=O)N2CC[C@H]3[C@H](CCC(=O)N3CC3CCCCC3)C2)cs1. The average Bonchev–Trinajstić information content (AvgIpc) is 3.09. The number of rotatable bonds is 4. The number of piperidine rings is 2. The Hall–Kier alpha value is -1.43. The van der Waals surface area contributed by atoms with Gasteiger partial charge in [0, 0.05) is 37.5 Å². The van der Waals surface area contributed by atoms with Crippen LogP contribution in [0.4, 0.5) is 0 Å². The van der Waals surface area contributed by atoms with E-state index >= 15 is 0 Å². The van der Waals surface area contributed by atoms with Gasteiger partial charge in [-0.25, -0.2) is 4.98 Å². The third kappa shape index (κ3) is 4.36. The van der Waals surface area contributed by atoms with Crippen LogP contribution in [0.3, 0.4) is 0 Å². The number of likely N-dealkylation sites (tertiary alicyclic amines) is 2. The minimum absolute atomic E-state index is 0.189. The van der Waals surface area contributed by atoms with Crippen LogP contribution in [0.2, 0.25) is 0 Å². The van der Waals surface area contributed by atoms with Crippen molar-refractivity contribution in [2.75, 3.05) is 19.6 Å². The van der Waals surface area contributed by atoms with Gasteiger partial charge < -0.3 is 9.80 Å². The lowest BCUT2D eigenvalue weighted by Gasteiger charge is -2.48. The summed E-state index contributed by atoms with van der Waals surface area (Å²) in [6, 6.07) is 0.346. The van der Waals surface area contributed by atoms with E-state index in [2.05, 4.69) is 9.88 Å². The Bertz CT molecular complexity index is 683. The molecule has 148 valence electrons. The zero-order valence-electron chi connectivity index (χ0n) is 16.4. The molecule has 0 spiro atoms. The molecule has 2 amide bonds. The number of thiazole rings is 1. The number of carbonyl (C=O) groups excluding carboxylic acids is 2. The monoisotopic (exact) mass is 389 g/mol. The summed E-state index contributed by atoms with van der Waals surface area (Å²) in [4.78, 5) is 34.0. The van der Waals surface area contributed by atoms with Gasteiger partial charge in [0.25, 0.3) is 0 Å². The summed E-state index contributed by atoms with van der Waals surface area (Å²) in [5.74, 6) is 1.67. The zero-order valence-corrected chi connectivity index (χ0v) is 17.2. The first-order valence-corrected chi connectivity index (χ1v) is 11.5. The van der Waals surface area contributed by atoms with Gasteiger partial charge in [-0.1, -0.05) is 19.3 Å². The summed E-state index contributed by atoms with van der Waals surface area (Å²) < 4.78 is 0. The molecule has 6 heteroatoms. The lowest BCUT2D eigenvalue weighted by atomic mass is 9.81. The molecule has 2 atom stereocenters. The first kappa shape index (κ1) is 18.9. The maximum atomic E-state index is 12.7. The first-order chi connectivity index (χ1) is 13.1. The Kier molecular flexibility index (Phi) is 5.81. The Morgan fingerprint density at radius 3 is 2.78 bits per heavy atom. The third-order valence-electron chi connectivity index (χ3n) is 6.67. The summed E-state index contributed by atoms with van der Waals surface area (Å²) in [7, 11) is 0. The molecule has 3 fully saturated rings. The largest absolute Gasteiger partial charge is 0.342 e. The van der Waals surface area contributed by atoms with Gasteiger partial charge in [-0.05, 0) is 44.4 Å². The second kappa shape index (κ2) is 8.29. The van der Waals surface area contributed by atoms with Crippen LogP contribution < -0.4 is 0 Å². The van der Waals surface area contributed by atoms with E-state index < -0.39 is 0 Å². The molecule has 0 bridgehead atoms. The highest BCUT2D eigenvalue weighted by Gasteiger charge is 2.41. The van der Waals surface area contributed by atoms with Crippen LogP contribution in [0.1, 0.15) is 62.1 Å². The van der Waals surface area contributed by atoms with Gasteiger partial charge in [0.05, 0.1) is 17.1 Å². The van der Waals surface area contributed by atoms with E-state index in [-0.39, 0.29) is 5.91 Å². The second-order valence-electron chi connectivity index (χ2n) is 8.58. The fourth-order valence-electron chi connectivity index (χ4n) is 5.22. The minimum atomic E-state index is 0.189. The van der Waals surface area contributed by atoms with E-state index in [0.29, 0.717) is 36.6 Å². The summed E-state index contributed by atoms with van der Waals surface area (Å²) in [6.45, 7) is 4.51. The Balaban J connectivity index is 1.36. The molecular formula is C21H31N3O2S. The van der Waals surface area contributed by atoms with Crippen molar-refractivity contribution in [2.24, 2.45) is 11.8 Å². The van der Waals surface area contributed by atoms with Crippen LogP contribution in [0.25, 0.3) is 0 Å². The van der Waals surface area contributed by atoms with E-state index in [1.165, 1.54) is 32.1 Å². The van der Waals surface area contributed by atoms with Gasteiger partial charge in [-0.2, -0.15) is 0 Å². The van der Waals surface area contributed by atoms with Crippen molar-refractivity contribution < 1.29 is 9.59 Å². The maximum Gasteiger partial charge on any atom is 0.228 e. The molecule has 4 rings (SSSR count). The van der Waals surface area contributed by atoms with Crippen molar-refractivity contribution >= 4 is 23.2 Å². The number of carbonyl (C=O) groups is 2. The normalized spacial score (nSPS) is 26.9. The average molecular weight is 390 g/mol. The zero-order chi connectivity index (χ0) is 18.8. The number of amides is 2. The van der Waals surface area contributed by atoms with Crippen LogP contribution in [-0.4, -0.2) is 52.3 Å². The second-order valence-corrected chi connectivity index (χ2v) is 9.64. The number of aromatic nitrogens is 1. The number of nitrogens with zero attached hydrogens (tertiary/aromatic N) is 3. The number of aryl methyl sites for hydroxylation is 1. The van der Waals surface area contributed by atoms with Gasteiger partial charge in [0.2, 0.25) is 11.8 Å². The van der Waals surface area contributed by atoms with Crippen LogP contribution in [0, 0.1) is 18.8 Å². The predicted octanol–water partition coefficient (Wildman–Crippen LogP) is 3.41. The van der Waals surface area contributed by atoms with Crippen molar-refractivity contribution in [3.05, 3.63) is 16.1 Å². The van der Waals surface area contributed by atoms with Crippen molar-refractivity contribution in [1.82, 2.24) is 14.8 Å². The smallest absolute Gasteiger partial charge is 0.228 e. The molecule has 0 aromatic carbocycles. The minimum Gasteiger partial charge on any atom is -0.342 e. The molecule has 1 aliphatic carbocycles. The lowest BCUT2D eigenvalue weighted by Crippen LogP contribution is -2.58. The third-order valence-corrected chi connectivity index (χ3v) is 7.50. The maximum absolute atomic E-state index is 12.7. The van der Waals surface area contributed by atoms with E-state index in [1.54, 1.807) is 11.3 Å².